The van der Waals surface area contributed by atoms with Crippen molar-refractivity contribution >= 4 is 46.0 Å². The number of carbonyl (C=O) groups excluding carboxylic acids is 1. The monoisotopic (exact) mass is 474 g/mol. The Morgan fingerprint density at radius 2 is 1.70 bits per heavy atom. The van der Waals surface area contributed by atoms with Gasteiger partial charge in [0.25, 0.3) is 5.91 Å². The van der Waals surface area contributed by atoms with E-state index in [1.807, 2.05) is 55.5 Å². The number of aryl methyl sites for hydroxylation is 1. The molecule has 0 atom stereocenters. The highest BCUT2D eigenvalue weighted by molar-refractivity contribution is 14.1. The van der Waals surface area contributed by atoms with E-state index in [0.29, 0.717) is 30.3 Å². The third-order valence-corrected chi connectivity index (χ3v) is 4.38. The first kappa shape index (κ1) is 19.0. The lowest BCUT2D eigenvalue weighted by atomic mass is 10.2. The van der Waals surface area contributed by atoms with E-state index in [2.05, 4.69) is 53.7 Å². The summed E-state index contributed by atoms with van der Waals surface area (Å²) in [5.74, 6) is 1.89. The average Bonchev–Trinajstić information content (AvgIpc) is 2.67. The number of anilines is 3. The summed E-state index contributed by atoms with van der Waals surface area (Å²) in [5, 5.41) is 17.3. The summed E-state index contributed by atoms with van der Waals surface area (Å²) >= 11 is 2.21. The molecule has 0 spiro atoms. The first-order chi connectivity index (χ1) is 13.1. The molecule has 0 radical (unpaired) electrons. The fraction of sp³-hybridized carbons (Fsp3) is 0.158. The highest BCUT2D eigenvalue weighted by atomic mass is 127. The molecule has 2 heterocycles. The standard InChI is InChI=1S/C19H19IN6O/c1-13-8-9-21-18(12-13)24-17-7-6-16(25-26-17)22-10-11-23-19(27)14-2-4-15(20)5-3-14/h2-9,12H,10-11H2,1H3,(H,22,25)(H,23,27)(H,21,24,26). The Balaban J connectivity index is 1.43. The molecule has 0 saturated heterocycles. The summed E-state index contributed by atoms with van der Waals surface area (Å²) in [4.78, 5) is 16.3. The number of nitrogens with one attached hydrogen (secondary N) is 3. The molecule has 3 rings (SSSR count). The molecule has 0 aliphatic rings. The Hall–Kier alpha value is -2.75. The van der Waals surface area contributed by atoms with E-state index in [1.54, 1.807) is 6.20 Å². The smallest absolute Gasteiger partial charge is 0.251 e. The Morgan fingerprint density at radius 1 is 0.963 bits per heavy atom. The summed E-state index contributed by atoms with van der Waals surface area (Å²) < 4.78 is 1.10. The molecule has 0 saturated carbocycles. The zero-order valence-electron chi connectivity index (χ0n) is 14.7. The molecule has 27 heavy (non-hydrogen) atoms. The molecule has 1 amide bonds. The van der Waals surface area contributed by atoms with Gasteiger partial charge in [0, 0.05) is 28.4 Å². The van der Waals surface area contributed by atoms with Crippen LogP contribution < -0.4 is 16.0 Å². The molecule has 3 aromatic rings. The number of amides is 1. The average molecular weight is 474 g/mol. The summed E-state index contributed by atoms with van der Waals surface area (Å²) in [6.07, 6.45) is 1.74. The van der Waals surface area contributed by atoms with Crippen LogP contribution in [0.2, 0.25) is 0 Å². The van der Waals surface area contributed by atoms with Gasteiger partial charge in [-0.25, -0.2) is 4.98 Å². The van der Waals surface area contributed by atoms with E-state index in [4.69, 9.17) is 0 Å². The molecule has 0 aliphatic heterocycles. The van der Waals surface area contributed by atoms with Gasteiger partial charge < -0.3 is 16.0 Å². The normalized spacial score (nSPS) is 10.3. The van der Waals surface area contributed by atoms with Crippen molar-refractivity contribution in [3.05, 3.63) is 69.4 Å². The number of halogens is 1. The summed E-state index contributed by atoms with van der Waals surface area (Å²) in [6.45, 7) is 3.04. The molecule has 7 nitrogen and oxygen atoms in total. The summed E-state index contributed by atoms with van der Waals surface area (Å²) in [6, 6.07) is 15.0. The van der Waals surface area contributed by atoms with Gasteiger partial charge in [-0.1, -0.05) is 0 Å². The van der Waals surface area contributed by atoms with Crippen LogP contribution in [0, 0.1) is 10.5 Å². The number of benzene rings is 1. The van der Waals surface area contributed by atoms with E-state index in [1.165, 1.54) is 0 Å². The zero-order valence-corrected chi connectivity index (χ0v) is 16.9. The minimum Gasteiger partial charge on any atom is -0.367 e. The van der Waals surface area contributed by atoms with Gasteiger partial charge >= 0.3 is 0 Å². The van der Waals surface area contributed by atoms with Gasteiger partial charge in [-0.2, -0.15) is 0 Å². The Morgan fingerprint density at radius 3 is 2.41 bits per heavy atom. The lowest BCUT2D eigenvalue weighted by Gasteiger charge is -2.08. The molecule has 0 bridgehead atoms. The van der Waals surface area contributed by atoms with Crippen LogP contribution in [0.4, 0.5) is 17.5 Å². The molecular weight excluding hydrogens is 455 g/mol. The number of pyridine rings is 1. The van der Waals surface area contributed by atoms with Gasteiger partial charge in [-0.3, -0.25) is 4.79 Å². The predicted molar refractivity (Wildman–Crippen MR) is 114 cm³/mol. The van der Waals surface area contributed by atoms with Gasteiger partial charge in [0.1, 0.15) is 11.6 Å². The minimum absolute atomic E-state index is 0.0931. The molecule has 0 unspecified atom stereocenters. The SMILES string of the molecule is Cc1ccnc(Nc2ccc(NCCNC(=O)c3ccc(I)cc3)nn2)c1. The highest BCUT2D eigenvalue weighted by Gasteiger charge is 2.04. The van der Waals surface area contributed by atoms with E-state index in [0.717, 1.165) is 15.0 Å². The van der Waals surface area contributed by atoms with Crippen molar-refractivity contribution in [3.8, 4) is 0 Å². The number of aromatic nitrogens is 3. The quantitative estimate of drug-likeness (QED) is 0.360. The van der Waals surface area contributed by atoms with Crippen molar-refractivity contribution in [1.29, 1.82) is 0 Å². The topological polar surface area (TPSA) is 91.8 Å². The van der Waals surface area contributed by atoms with Gasteiger partial charge in [-0.05, 0) is 83.6 Å². The molecule has 8 heteroatoms. The fourth-order valence-electron chi connectivity index (χ4n) is 2.30. The van der Waals surface area contributed by atoms with Crippen molar-refractivity contribution in [2.75, 3.05) is 23.7 Å². The van der Waals surface area contributed by atoms with E-state index in [-0.39, 0.29) is 5.91 Å². The van der Waals surface area contributed by atoms with Crippen LogP contribution in [0.25, 0.3) is 0 Å². The minimum atomic E-state index is -0.0931. The molecule has 0 fully saturated rings. The van der Waals surface area contributed by atoms with Crippen molar-refractivity contribution in [3.63, 3.8) is 0 Å². The lowest BCUT2D eigenvalue weighted by Crippen LogP contribution is -2.28. The molecule has 138 valence electrons. The van der Waals surface area contributed by atoms with Crippen LogP contribution in [-0.4, -0.2) is 34.2 Å². The predicted octanol–water partition coefficient (Wildman–Crippen LogP) is 3.37. The second kappa shape index (κ2) is 9.26. The molecule has 1 aromatic carbocycles. The van der Waals surface area contributed by atoms with Crippen LogP contribution in [0.5, 0.6) is 0 Å². The third kappa shape index (κ3) is 5.88. The van der Waals surface area contributed by atoms with Crippen LogP contribution in [0.3, 0.4) is 0 Å². The van der Waals surface area contributed by atoms with Crippen LogP contribution in [0.1, 0.15) is 15.9 Å². The molecule has 3 N–H and O–H groups in total. The van der Waals surface area contributed by atoms with Gasteiger partial charge in [0.2, 0.25) is 0 Å². The van der Waals surface area contributed by atoms with Crippen molar-refractivity contribution < 1.29 is 4.79 Å². The third-order valence-electron chi connectivity index (χ3n) is 3.66. The van der Waals surface area contributed by atoms with Crippen molar-refractivity contribution in [2.45, 2.75) is 6.92 Å². The number of rotatable bonds is 7. The summed E-state index contributed by atoms with van der Waals surface area (Å²) in [5.41, 5.74) is 1.77. The van der Waals surface area contributed by atoms with Gasteiger partial charge in [-0.15, -0.1) is 10.2 Å². The largest absolute Gasteiger partial charge is 0.367 e. The first-order valence-corrected chi connectivity index (χ1v) is 9.49. The van der Waals surface area contributed by atoms with E-state index in [9.17, 15) is 4.79 Å². The fourth-order valence-corrected chi connectivity index (χ4v) is 2.66. The van der Waals surface area contributed by atoms with Crippen LogP contribution in [-0.2, 0) is 0 Å². The maximum Gasteiger partial charge on any atom is 0.251 e. The second-order valence-electron chi connectivity index (χ2n) is 5.84. The van der Waals surface area contributed by atoms with Crippen LogP contribution in [0.15, 0.2) is 54.7 Å². The van der Waals surface area contributed by atoms with E-state index >= 15 is 0 Å². The maximum absolute atomic E-state index is 12.0. The highest BCUT2D eigenvalue weighted by Crippen LogP contribution is 2.13. The maximum atomic E-state index is 12.0. The number of nitrogens with zero attached hydrogens (tertiary/aromatic N) is 3. The molecule has 0 aliphatic carbocycles. The first-order valence-electron chi connectivity index (χ1n) is 8.41. The van der Waals surface area contributed by atoms with Crippen molar-refractivity contribution in [1.82, 2.24) is 20.5 Å². The van der Waals surface area contributed by atoms with Gasteiger partial charge in [0.05, 0.1) is 0 Å². The van der Waals surface area contributed by atoms with Crippen molar-refractivity contribution in [2.24, 2.45) is 0 Å². The van der Waals surface area contributed by atoms with Crippen LogP contribution >= 0.6 is 22.6 Å². The summed E-state index contributed by atoms with van der Waals surface area (Å²) in [7, 11) is 0. The lowest BCUT2D eigenvalue weighted by molar-refractivity contribution is 0.0955. The Bertz CT molecular complexity index is 899. The van der Waals surface area contributed by atoms with Gasteiger partial charge in [0.15, 0.2) is 5.82 Å². The second-order valence-corrected chi connectivity index (χ2v) is 7.08. The number of carbonyl (C=O) groups is 1. The Kier molecular flexibility index (Phi) is 6.53. The Labute approximate surface area is 171 Å². The molecule has 2 aromatic heterocycles. The number of hydrogen-bond donors (Lipinski definition) is 3. The van der Waals surface area contributed by atoms with E-state index < -0.39 is 0 Å². The molecular formula is C19H19IN6O. The number of hydrogen-bond acceptors (Lipinski definition) is 6. The zero-order chi connectivity index (χ0) is 19.1.